The quantitative estimate of drug-likeness (QED) is 0.791. The molecule has 6 heteroatoms. The lowest BCUT2D eigenvalue weighted by molar-refractivity contribution is 0.768. The van der Waals surface area contributed by atoms with Crippen molar-refractivity contribution in [3.05, 3.63) is 29.3 Å². The minimum atomic E-state index is 0.455. The highest BCUT2D eigenvalue weighted by molar-refractivity contribution is 6.30. The molecular formula is C9H10ClN5. The molecule has 0 aliphatic heterocycles. The summed E-state index contributed by atoms with van der Waals surface area (Å²) in [7, 11) is 1.84. The molecule has 0 spiro atoms. The molecule has 1 N–H and O–H groups in total. The fourth-order valence-corrected chi connectivity index (χ4v) is 1.23. The maximum absolute atomic E-state index is 5.87. The van der Waals surface area contributed by atoms with Crippen LogP contribution in [-0.4, -0.2) is 19.7 Å². The van der Waals surface area contributed by atoms with E-state index < -0.39 is 0 Å². The fourth-order valence-electron chi connectivity index (χ4n) is 1.10. The molecule has 0 saturated heterocycles. The van der Waals surface area contributed by atoms with Gasteiger partial charge < -0.3 is 5.32 Å². The monoisotopic (exact) mass is 223 g/mol. The summed E-state index contributed by atoms with van der Waals surface area (Å²) in [6, 6.07) is 0. The van der Waals surface area contributed by atoms with Crippen LogP contribution in [0.5, 0.6) is 0 Å². The van der Waals surface area contributed by atoms with E-state index in [9.17, 15) is 0 Å². The van der Waals surface area contributed by atoms with Crippen LogP contribution in [0.3, 0.4) is 0 Å². The summed E-state index contributed by atoms with van der Waals surface area (Å²) in [6.07, 6.45) is 5.20. The highest BCUT2D eigenvalue weighted by Gasteiger charge is 2.02. The van der Waals surface area contributed by atoms with Gasteiger partial charge in [-0.3, -0.25) is 4.68 Å². The number of anilines is 2. The summed E-state index contributed by atoms with van der Waals surface area (Å²) in [5, 5.41) is 7.48. The first-order valence-corrected chi connectivity index (χ1v) is 4.78. The number of aryl methyl sites for hydroxylation is 2. The van der Waals surface area contributed by atoms with Crippen molar-refractivity contribution in [3.8, 4) is 0 Å². The van der Waals surface area contributed by atoms with Gasteiger partial charge in [-0.1, -0.05) is 11.6 Å². The summed E-state index contributed by atoms with van der Waals surface area (Å²) in [5.74, 6) is 0.471. The van der Waals surface area contributed by atoms with Crippen LogP contribution in [-0.2, 0) is 7.05 Å². The molecule has 2 rings (SSSR count). The van der Waals surface area contributed by atoms with Crippen LogP contribution in [0, 0.1) is 6.92 Å². The van der Waals surface area contributed by atoms with Crippen molar-refractivity contribution in [3.63, 3.8) is 0 Å². The second kappa shape index (κ2) is 3.86. The molecule has 0 aromatic carbocycles. The molecule has 2 aromatic heterocycles. The maximum atomic E-state index is 5.87. The number of rotatable bonds is 2. The first-order chi connectivity index (χ1) is 7.15. The molecule has 0 bridgehead atoms. The van der Waals surface area contributed by atoms with E-state index in [1.54, 1.807) is 17.1 Å². The van der Waals surface area contributed by atoms with Gasteiger partial charge in [-0.15, -0.1) is 0 Å². The molecule has 0 radical (unpaired) electrons. The van der Waals surface area contributed by atoms with Gasteiger partial charge in [-0.25, -0.2) is 9.97 Å². The SMILES string of the molecule is Cc1cnc(Nc2cnn(C)c2)nc1Cl. The average Bonchev–Trinajstić information content (AvgIpc) is 2.58. The molecule has 15 heavy (non-hydrogen) atoms. The number of nitrogens with one attached hydrogen (secondary N) is 1. The van der Waals surface area contributed by atoms with Crippen LogP contribution < -0.4 is 5.32 Å². The van der Waals surface area contributed by atoms with Crippen molar-refractivity contribution in [2.45, 2.75) is 6.92 Å². The first-order valence-electron chi connectivity index (χ1n) is 4.40. The zero-order chi connectivity index (χ0) is 10.8. The third-order valence-electron chi connectivity index (χ3n) is 1.87. The van der Waals surface area contributed by atoms with E-state index in [1.165, 1.54) is 0 Å². The smallest absolute Gasteiger partial charge is 0.228 e. The Bertz CT molecular complexity index is 479. The molecule has 0 fully saturated rings. The first kappa shape index (κ1) is 9.92. The van der Waals surface area contributed by atoms with Gasteiger partial charge in [0.15, 0.2) is 0 Å². The van der Waals surface area contributed by atoms with E-state index in [-0.39, 0.29) is 0 Å². The number of aromatic nitrogens is 4. The van der Waals surface area contributed by atoms with Crippen LogP contribution in [0.4, 0.5) is 11.6 Å². The van der Waals surface area contributed by atoms with E-state index >= 15 is 0 Å². The molecule has 5 nitrogen and oxygen atoms in total. The van der Waals surface area contributed by atoms with Gasteiger partial charge >= 0.3 is 0 Å². The number of nitrogens with zero attached hydrogens (tertiary/aromatic N) is 4. The Morgan fingerprint density at radius 1 is 1.40 bits per heavy atom. The normalized spacial score (nSPS) is 10.3. The van der Waals surface area contributed by atoms with Gasteiger partial charge in [0.1, 0.15) is 5.15 Å². The molecule has 78 valence electrons. The Kier molecular flexibility index (Phi) is 2.55. The average molecular weight is 224 g/mol. The zero-order valence-electron chi connectivity index (χ0n) is 8.40. The van der Waals surface area contributed by atoms with Crippen molar-refractivity contribution in [1.82, 2.24) is 19.7 Å². The fraction of sp³-hybridized carbons (Fsp3) is 0.222. The summed E-state index contributed by atoms with van der Waals surface area (Å²) in [6.45, 7) is 1.86. The minimum absolute atomic E-state index is 0.455. The minimum Gasteiger partial charge on any atom is -0.321 e. The second-order valence-corrected chi connectivity index (χ2v) is 3.55. The lowest BCUT2D eigenvalue weighted by Gasteiger charge is -2.02. The third-order valence-corrected chi connectivity index (χ3v) is 2.25. The Balaban J connectivity index is 2.21. The van der Waals surface area contributed by atoms with Gasteiger partial charge in [-0.05, 0) is 6.92 Å². The van der Waals surface area contributed by atoms with Gasteiger partial charge in [0.05, 0.1) is 11.9 Å². The summed E-state index contributed by atoms with van der Waals surface area (Å²) < 4.78 is 1.69. The van der Waals surface area contributed by atoms with Crippen molar-refractivity contribution in [2.24, 2.45) is 7.05 Å². The van der Waals surface area contributed by atoms with E-state index in [0.717, 1.165) is 11.3 Å². The van der Waals surface area contributed by atoms with Crippen LogP contribution in [0.1, 0.15) is 5.56 Å². The number of hydrogen-bond donors (Lipinski definition) is 1. The molecule has 2 heterocycles. The molecule has 2 aromatic rings. The van der Waals surface area contributed by atoms with E-state index in [1.807, 2.05) is 20.2 Å². The maximum Gasteiger partial charge on any atom is 0.228 e. The topological polar surface area (TPSA) is 55.6 Å². The van der Waals surface area contributed by atoms with Crippen LogP contribution in [0.15, 0.2) is 18.6 Å². The Hall–Kier alpha value is -1.62. The van der Waals surface area contributed by atoms with Crippen molar-refractivity contribution in [2.75, 3.05) is 5.32 Å². The van der Waals surface area contributed by atoms with Crippen LogP contribution in [0.2, 0.25) is 5.15 Å². The molecule has 0 amide bonds. The Morgan fingerprint density at radius 2 is 2.20 bits per heavy atom. The Morgan fingerprint density at radius 3 is 2.80 bits per heavy atom. The van der Waals surface area contributed by atoms with Gasteiger partial charge in [0.2, 0.25) is 5.95 Å². The second-order valence-electron chi connectivity index (χ2n) is 3.20. The predicted molar refractivity (Wildman–Crippen MR) is 58.3 cm³/mol. The van der Waals surface area contributed by atoms with Gasteiger partial charge in [0, 0.05) is 25.0 Å². The molecule has 0 unspecified atom stereocenters. The van der Waals surface area contributed by atoms with E-state index in [4.69, 9.17) is 11.6 Å². The summed E-state index contributed by atoms with van der Waals surface area (Å²) >= 11 is 5.87. The van der Waals surface area contributed by atoms with Gasteiger partial charge in [0.25, 0.3) is 0 Å². The predicted octanol–water partition coefficient (Wildman–Crippen LogP) is 1.92. The lowest BCUT2D eigenvalue weighted by Crippen LogP contribution is -1.97. The molecule has 0 aliphatic rings. The van der Waals surface area contributed by atoms with Crippen molar-refractivity contribution in [1.29, 1.82) is 0 Å². The van der Waals surface area contributed by atoms with Crippen molar-refractivity contribution >= 4 is 23.2 Å². The van der Waals surface area contributed by atoms with Gasteiger partial charge in [-0.2, -0.15) is 5.10 Å². The highest BCUT2D eigenvalue weighted by atomic mass is 35.5. The van der Waals surface area contributed by atoms with Crippen LogP contribution in [0.25, 0.3) is 0 Å². The van der Waals surface area contributed by atoms with E-state index in [2.05, 4.69) is 20.4 Å². The zero-order valence-corrected chi connectivity index (χ0v) is 9.15. The number of hydrogen-bond acceptors (Lipinski definition) is 4. The largest absolute Gasteiger partial charge is 0.321 e. The highest BCUT2D eigenvalue weighted by Crippen LogP contribution is 2.15. The van der Waals surface area contributed by atoms with Crippen LogP contribution >= 0.6 is 11.6 Å². The van der Waals surface area contributed by atoms with Crippen molar-refractivity contribution < 1.29 is 0 Å². The standard InChI is InChI=1S/C9H10ClN5/c1-6-3-11-9(14-8(6)10)13-7-4-12-15(2)5-7/h3-5H,1-2H3,(H,11,13,14). The molecular weight excluding hydrogens is 214 g/mol. The third kappa shape index (κ3) is 2.24. The summed E-state index contributed by atoms with van der Waals surface area (Å²) in [4.78, 5) is 8.18. The molecule has 0 atom stereocenters. The molecule has 0 aliphatic carbocycles. The lowest BCUT2D eigenvalue weighted by atomic mass is 10.4. The Labute approximate surface area is 92.1 Å². The summed E-state index contributed by atoms with van der Waals surface area (Å²) in [5.41, 5.74) is 1.69. The molecule has 0 saturated carbocycles. The van der Waals surface area contributed by atoms with E-state index in [0.29, 0.717) is 11.1 Å². The number of halogens is 1.